The molecule has 0 aliphatic heterocycles. The molecule has 0 unspecified atom stereocenters. The lowest BCUT2D eigenvalue weighted by atomic mass is 10.0. The van der Waals surface area contributed by atoms with Gasteiger partial charge in [0, 0.05) is 0 Å². The van der Waals surface area contributed by atoms with E-state index < -0.39 is 5.97 Å². The van der Waals surface area contributed by atoms with Crippen LogP contribution < -0.4 is 0 Å². The Balaban J connectivity index is 2.51. The predicted molar refractivity (Wildman–Crippen MR) is 89.0 cm³/mol. The van der Waals surface area contributed by atoms with Crippen LogP contribution in [0.25, 0.3) is 0 Å². The van der Waals surface area contributed by atoms with Gasteiger partial charge in [-0.15, -0.1) is 5.11 Å². The number of phenolic OH excluding ortho intramolecular Hbond substituents is 1. The van der Waals surface area contributed by atoms with Gasteiger partial charge in [-0.05, 0) is 68.1 Å². The molecule has 0 bridgehead atoms. The fourth-order valence-electron chi connectivity index (χ4n) is 2.58. The Labute approximate surface area is 135 Å². The van der Waals surface area contributed by atoms with E-state index in [1.807, 2.05) is 32.9 Å². The summed E-state index contributed by atoms with van der Waals surface area (Å²) in [5, 5.41) is 18.5. The van der Waals surface area contributed by atoms with E-state index >= 15 is 0 Å². The van der Waals surface area contributed by atoms with Crippen molar-refractivity contribution in [3.8, 4) is 5.75 Å². The number of benzene rings is 2. The molecule has 23 heavy (non-hydrogen) atoms. The summed E-state index contributed by atoms with van der Waals surface area (Å²) in [6.07, 6.45) is 0. The van der Waals surface area contributed by atoms with E-state index in [-0.39, 0.29) is 11.3 Å². The number of hydrogen-bond donors (Lipinski definition) is 1. The standard InChI is InChI=1S/C18H20N2O3/c1-10-6-11(2)8-14(7-10)19-20-17-12(3)9-15(21)16(13(17)4)18(22)23-5/h6-9,21H,1-5H3. The molecule has 0 saturated carbocycles. The number of azo groups is 1. The molecule has 5 heteroatoms. The van der Waals surface area contributed by atoms with E-state index in [0.29, 0.717) is 11.3 Å². The maximum atomic E-state index is 11.8. The minimum absolute atomic E-state index is 0.114. The summed E-state index contributed by atoms with van der Waals surface area (Å²) < 4.78 is 4.72. The lowest BCUT2D eigenvalue weighted by molar-refractivity contribution is 0.0596. The molecule has 0 spiro atoms. The quantitative estimate of drug-likeness (QED) is 0.652. The van der Waals surface area contributed by atoms with E-state index in [1.165, 1.54) is 13.2 Å². The van der Waals surface area contributed by atoms with Crippen LogP contribution in [0.3, 0.4) is 0 Å². The van der Waals surface area contributed by atoms with E-state index in [4.69, 9.17) is 4.74 Å². The van der Waals surface area contributed by atoms with Crippen molar-refractivity contribution in [3.63, 3.8) is 0 Å². The molecular weight excluding hydrogens is 292 g/mol. The van der Waals surface area contributed by atoms with Gasteiger partial charge >= 0.3 is 5.97 Å². The van der Waals surface area contributed by atoms with E-state index in [1.54, 1.807) is 6.92 Å². The van der Waals surface area contributed by atoms with Crippen LogP contribution in [-0.2, 0) is 4.74 Å². The fraction of sp³-hybridized carbons (Fsp3) is 0.278. The Morgan fingerprint density at radius 3 is 2.17 bits per heavy atom. The van der Waals surface area contributed by atoms with Crippen LogP contribution in [0.15, 0.2) is 34.5 Å². The molecule has 0 aromatic heterocycles. The van der Waals surface area contributed by atoms with Crippen molar-refractivity contribution in [1.29, 1.82) is 0 Å². The van der Waals surface area contributed by atoms with Gasteiger partial charge in [0.15, 0.2) is 0 Å². The normalized spacial score (nSPS) is 11.0. The summed E-state index contributed by atoms with van der Waals surface area (Å²) >= 11 is 0. The molecule has 0 heterocycles. The number of esters is 1. The van der Waals surface area contributed by atoms with Crippen LogP contribution in [0.5, 0.6) is 5.75 Å². The van der Waals surface area contributed by atoms with Crippen LogP contribution in [0.1, 0.15) is 32.6 Å². The third-order valence-corrected chi connectivity index (χ3v) is 3.57. The summed E-state index contributed by atoms with van der Waals surface area (Å²) in [5.41, 5.74) is 4.91. The second-order valence-electron chi connectivity index (χ2n) is 5.60. The highest BCUT2D eigenvalue weighted by molar-refractivity contribution is 5.95. The second kappa shape index (κ2) is 6.60. The highest BCUT2D eigenvalue weighted by atomic mass is 16.5. The molecule has 0 aliphatic rings. The summed E-state index contributed by atoms with van der Waals surface area (Å²) in [6, 6.07) is 7.42. The molecule has 0 amide bonds. The average Bonchev–Trinajstić information content (AvgIpc) is 2.45. The van der Waals surface area contributed by atoms with Gasteiger partial charge in [0.1, 0.15) is 11.3 Å². The molecule has 0 atom stereocenters. The Kier molecular flexibility index (Phi) is 4.79. The van der Waals surface area contributed by atoms with Crippen molar-refractivity contribution in [2.75, 3.05) is 7.11 Å². The number of methoxy groups -OCH3 is 1. The van der Waals surface area contributed by atoms with Gasteiger partial charge in [0.25, 0.3) is 0 Å². The fourth-order valence-corrected chi connectivity index (χ4v) is 2.58. The zero-order chi connectivity index (χ0) is 17.1. The lowest BCUT2D eigenvalue weighted by Crippen LogP contribution is -2.05. The molecule has 2 aromatic carbocycles. The van der Waals surface area contributed by atoms with E-state index in [2.05, 4.69) is 16.3 Å². The molecule has 2 aromatic rings. The molecule has 0 radical (unpaired) electrons. The SMILES string of the molecule is COC(=O)c1c(O)cc(C)c(N=Nc2cc(C)cc(C)c2)c1C. The smallest absolute Gasteiger partial charge is 0.341 e. The van der Waals surface area contributed by atoms with Gasteiger partial charge in [-0.3, -0.25) is 0 Å². The first-order valence-electron chi connectivity index (χ1n) is 7.25. The highest BCUT2D eigenvalue weighted by Gasteiger charge is 2.19. The zero-order valence-corrected chi connectivity index (χ0v) is 14.0. The number of carbonyl (C=O) groups is 1. The van der Waals surface area contributed by atoms with Crippen LogP contribution in [0, 0.1) is 27.7 Å². The van der Waals surface area contributed by atoms with Gasteiger partial charge in [-0.25, -0.2) is 4.79 Å². The Morgan fingerprint density at radius 2 is 1.61 bits per heavy atom. The first-order chi connectivity index (χ1) is 10.8. The van der Waals surface area contributed by atoms with E-state index in [9.17, 15) is 9.90 Å². The molecule has 5 nitrogen and oxygen atoms in total. The maximum Gasteiger partial charge on any atom is 0.341 e. The van der Waals surface area contributed by atoms with Crippen LogP contribution in [0.2, 0.25) is 0 Å². The van der Waals surface area contributed by atoms with Gasteiger partial charge in [-0.1, -0.05) is 6.07 Å². The van der Waals surface area contributed by atoms with Crippen molar-refractivity contribution >= 4 is 17.3 Å². The second-order valence-corrected chi connectivity index (χ2v) is 5.60. The molecular formula is C18H20N2O3. The first kappa shape index (κ1) is 16.7. The first-order valence-corrected chi connectivity index (χ1v) is 7.25. The number of phenols is 1. The van der Waals surface area contributed by atoms with E-state index in [0.717, 1.165) is 22.4 Å². The Morgan fingerprint density at radius 1 is 1.00 bits per heavy atom. The largest absolute Gasteiger partial charge is 0.507 e. The summed E-state index contributed by atoms with van der Waals surface area (Å²) in [6.45, 7) is 7.52. The van der Waals surface area contributed by atoms with Crippen molar-refractivity contribution < 1.29 is 14.6 Å². The predicted octanol–water partition coefficient (Wildman–Crippen LogP) is 4.83. The van der Waals surface area contributed by atoms with Gasteiger partial charge < -0.3 is 9.84 Å². The molecule has 0 saturated heterocycles. The van der Waals surface area contributed by atoms with Crippen molar-refractivity contribution in [2.45, 2.75) is 27.7 Å². The van der Waals surface area contributed by atoms with Crippen LogP contribution in [-0.4, -0.2) is 18.2 Å². The number of nitrogens with zero attached hydrogens (tertiary/aromatic N) is 2. The number of rotatable bonds is 3. The highest BCUT2D eigenvalue weighted by Crippen LogP contribution is 2.34. The summed E-state index contributed by atoms with van der Waals surface area (Å²) in [5.74, 6) is -0.708. The van der Waals surface area contributed by atoms with Gasteiger partial charge in [-0.2, -0.15) is 5.11 Å². The molecule has 0 aliphatic carbocycles. The van der Waals surface area contributed by atoms with Crippen LogP contribution >= 0.6 is 0 Å². The Bertz CT molecular complexity index is 775. The minimum Gasteiger partial charge on any atom is -0.507 e. The number of ether oxygens (including phenoxy) is 1. The number of aromatic hydroxyl groups is 1. The molecule has 0 fully saturated rings. The minimum atomic E-state index is -0.595. The molecule has 120 valence electrons. The maximum absolute atomic E-state index is 11.8. The van der Waals surface area contributed by atoms with Crippen LogP contribution in [0.4, 0.5) is 11.4 Å². The summed E-state index contributed by atoms with van der Waals surface area (Å²) in [4.78, 5) is 11.8. The average molecular weight is 312 g/mol. The monoisotopic (exact) mass is 312 g/mol. The van der Waals surface area contributed by atoms with Crippen molar-refractivity contribution in [3.05, 3.63) is 52.1 Å². The number of carbonyl (C=O) groups excluding carboxylic acids is 1. The number of hydrogen-bond acceptors (Lipinski definition) is 5. The third-order valence-electron chi connectivity index (χ3n) is 3.57. The number of aryl methyl sites for hydroxylation is 3. The Hall–Kier alpha value is -2.69. The third kappa shape index (κ3) is 3.56. The molecule has 1 N–H and O–H groups in total. The van der Waals surface area contributed by atoms with Gasteiger partial charge in [0.05, 0.1) is 18.5 Å². The topological polar surface area (TPSA) is 71.2 Å². The van der Waals surface area contributed by atoms with Crippen molar-refractivity contribution in [2.24, 2.45) is 10.2 Å². The zero-order valence-electron chi connectivity index (χ0n) is 14.0. The van der Waals surface area contributed by atoms with Gasteiger partial charge in [0.2, 0.25) is 0 Å². The molecule has 2 rings (SSSR count). The summed E-state index contributed by atoms with van der Waals surface area (Å²) in [7, 11) is 1.28. The van der Waals surface area contributed by atoms with Crippen molar-refractivity contribution in [1.82, 2.24) is 0 Å². The lowest BCUT2D eigenvalue weighted by Gasteiger charge is -2.11.